The Morgan fingerprint density at radius 1 is 1.33 bits per heavy atom. The predicted molar refractivity (Wildman–Crippen MR) is 91.0 cm³/mol. The van der Waals surface area contributed by atoms with Gasteiger partial charge in [0.2, 0.25) is 0 Å². The summed E-state index contributed by atoms with van der Waals surface area (Å²) < 4.78 is 13.3. The van der Waals surface area contributed by atoms with Crippen LogP contribution in [0.3, 0.4) is 0 Å². The van der Waals surface area contributed by atoms with Crippen LogP contribution >= 0.6 is 0 Å². The Morgan fingerprint density at radius 3 is 2.92 bits per heavy atom. The van der Waals surface area contributed by atoms with E-state index in [-0.39, 0.29) is 11.6 Å². The molecule has 0 radical (unpaired) electrons. The van der Waals surface area contributed by atoms with E-state index in [0.29, 0.717) is 17.5 Å². The first-order valence-electron chi connectivity index (χ1n) is 7.59. The molecule has 6 nitrogen and oxygen atoms in total. The number of aromatic nitrogens is 3. The number of hydrogen-bond donors (Lipinski definition) is 2. The molecule has 2 aromatic heterocycles. The molecule has 0 atom stereocenters. The lowest BCUT2D eigenvalue weighted by Gasteiger charge is -2.18. The van der Waals surface area contributed by atoms with Crippen LogP contribution in [-0.2, 0) is 6.42 Å². The topological polar surface area (TPSA) is 94.6 Å². The minimum Gasteiger partial charge on any atom is -0.381 e. The van der Waals surface area contributed by atoms with Gasteiger partial charge >= 0.3 is 0 Å². The lowest BCUT2D eigenvalue weighted by molar-refractivity contribution is 0.629. The second-order valence-electron chi connectivity index (χ2n) is 5.61. The van der Waals surface area contributed by atoms with Gasteiger partial charge in [0.05, 0.1) is 11.2 Å². The number of anilines is 2. The molecule has 3 N–H and O–H groups in total. The van der Waals surface area contributed by atoms with Crippen molar-refractivity contribution in [2.45, 2.75) is 12.8 Å². The highest BCUT2D eigenvalue weighted by Gasteiger charge is 2.11. The van der Waals surface area contributed by atoms with Crippen molar-refractivity contribution in [3.05, 3.63) is 47.4 Å². The SMILES string of the molecule is CN(CCCc1[nH]nc(N)c1C#N)c1ccc2ccc(F)cc2n1. The Kier molecular flexibility index (Phi) is 4.29. The van der Waals surface area contributed by atoms with Gasteiger partial charge < -0.3 is 10.6 Å². The van der Waals surface area contributed by atoms with Gasteiger partial charge in [0, 0.05) is 25.0 Å². The molecule has 0 unspecified atom stereocenters. The number of rotatable bonds is 5. The van der Waals surface area contributed by atoms with Crippen molar-refractivity contribution in [3.8, 4) is 6.07 Å². The maximum atomic E-state index is 13.3. The van der Waals surface area contributed by atoms with Gasteiger partial charge in [-0.3, -0.25) is 5.10 Å². The summed E-state index contributed by atoms with van der Waals surface area (Å²) >= 11 is 0. The zero-order valence-electron chi connectivity index (χ0n) is 13.3. The Balaban J connectivity index is 1.66. The number of benzene rings is 1. The molecule has 0 spiro atoms. The van der Waals surface area contributed by atoms with Gasteiger partial charge in [0.25, 0.3) is 0 Å². The van der Waals surface area contributed by atoms with E-state index in [2.05, 4.69) is 21.3 Å². The molecular formula is C17H17FN6. The molecule has 7 heteroatoms. The number of nitrogen functional groups attached to an aromatic ring is 1. The first-order valence-corrected chi connectivity index (χ1v) is 7.59. The van der Waals surface area contributed by atoms with Crippen LogP contribution < -0.4 is 10.6 Å². The van der Waals surface area contributed by atoms with Gasteiger partial charge in [0.15, 0.2) is 5.82 Å². The number of aryl methyl sites for hydroxylation is 1. The number of nitrogens with zero attached hydrogens (tertiary/aromatic N) is 4. The minimum absolute atomic E-state index is 0.235. The molecule has 0 fully saturated rings. The Hall–Kier alpha value is -3.14. The van der Waals surface area contributed by atoms with Crippen molar-refractivity contribution in [1.82, 2.24) is 15.2 Å². The van der Waals surface area contributed by atoms with Crippen LogP contribution in [-0.4, -0.2) is 28.8 Å². The highest BCUT2D eigenvalue weighted by atomic mass is 19.1. The van der Waals surface area contributed by atoms with Gasteiger partial charge in [-0.1, -0.05) is 0 Å². The summed E-state index contributed by atoms with van der Waals surface area (Å²) in [6.07, 6.45) is 1.47. The number of hydrogen-bond acceptors (Lipinski definition) is 5. The van der Waals surface area contributed by atoms with Crippen molar-refractivity contribution in [2.24, 2.45) is 0 Å². The third-order valence-electron chi connectivity index (χ3n) is 3.93. The van der Waals surface area contributed by atoms with Crippen LogP contribution in [0.4, 0.5) is 16.0 Å². The van der Waals surface area contributed by atoms with Crippen LogP contribution in [0, 0.1) is 17.1 Å². The lowest BCUT2D eigenvalue weighted by Crippen LogP contribution is -2.20. The highest BCUT2D eigenvalue weighted by molar-refractivity contribution is 5.80. The Bertz CT molecular complexity index is 911. The number of aromatic amines is 1. The van der Waals surface area contributed by atoms with E-state index < -0.39 is 0 Å². The summed E-state index contributed by atoms with van der Waals surface area (Å²) in [5.41, 5.74) is 7.42. The lowest BCUT2D eigenvalue weighted by atomic mass is 10.1. The van der Waals surface area contributed by atoms with Gasteiger partial charge in [-0.25, -0.2) is 9.37 Å². The normalized spacial score (nSPS) is 10.7. The molecule has 24 heavy (non-hydrogen) atoms. The number of H-pyrrole nitrogens is 1. The maximum absolute atomic E-state index is 13.3. The number of nitrogens with one attached hydrogen (secondary N) is 1. The highest BCUT2D eigenvalue weighted by Crippen LogP contribution is 2.19. The van der Waals surface area contributed by atoms with Crippen molar-refractivity contribution in [3.63, 3.8) is 0 Å². The number of nitriles is 1. The number of pyridine rings is 1. The molecule has 0 amide bonds. The number of fused-ring (bicyclic) bond motifs is 1. The first-order chi connectivity index (χ1) is 11.6. The molecular weight excluding hydrogens is 307 g/mol. The average Bonchev–Trinajstić information content (AvgIpc) is 2.93. The standard InChI is InChI=1S/C17H17FN6/c1-24(8-2-3-14-13(10-19)17(20)23-22-14)16-7-5-11-4-6-12(18)9-15(11)21-16/h4-7,9H,2-3,8H2,1H3,(H3,20,22,23). The summed E-state index contributed by atoms with van der Waals surface area (Å²) in [6.45, 7) is 0.734. The molecule has 122 valence electrons. The van der Waals surface area contributed by atoms with Crippen molar-refractivity contribution >= 4 is 22.5 Å². The van der Waals surface area contributed by atoms with Crippen LogP contribution in [0.25, 0.3) is 10.9 Å². The average molecular weight is 324 g/mol. The third-order valence-corrected chi connectivity index (χ3v) is 3.93. The first kappa shape index (κ1) is 15.7. The molecule has 1 aromatic carbocycles. The molecule has 0 aliphatic carbocycles. The van der Waals surface area contributed by atoms with Crippen LogP contribution in [0.2, 0.25) is 0 Å². The fourth-order valence-electron chi connectivity index (χ4n) is 2.60. The van der Waals surface area contributed by atoms with Crippen molar-refractivity contribution in [1.29, 1.82) is 5.26 Å². The molecule has 3 rings (SSSR count). The van der Waals surface area contributed by atoms with E-state index in [9.17, 15) is 4.39 Å². The predicted octanol–water partition coefficient (Wildman–Crippen LogP) is 2.62. The zero-order chi connectivity index (χ0) is 17.1. The number of nitrogens with two attached hydrogens (primary N) is 1. The van der Waals surface area contributed by atoms with Gasteiger partial charge in [-0.15, -0.1) is 0 Å². The van der Waals surface area contributed by atoms with Gasteiger partial charge in [-0.2, -0.15) is 10.4 Å². The molecule has 2 heterocycles. The van der Waals surface area contributed by atoms with Crippen molar-refractivity contribution in [2.75, 3.05) is 24.2 Å². The van der Waals surface area contributed by atoms with Crippen LogP contribution in [0.5, 0.6) is 0 Å². The van der Waals surface area contributed by atoms with E-state index in [1.807, 2.05) is 24.1 Å². The Morgan fingerprint density at radius 2 is 2.12 bits per heavy atom. The molecule has 0 aliphatic rings. The smallest absolute Gasteiger partial charge is 0.163 e. The van der Waals surface area contributed by atoms with E-state index in [1.165, 1.54) is 12.1 Å². The van der Waals surface area contributed by atoms with E-state index in [1.54, 1.807) is 6.07 Å². The molecule has 3 aromatic rings. The molecule has 0 saturated carbocycles. The fraction of sp³-hybridized carbons (Fsp3) is 0.235. The maximum Gasteiger partial charge on any atom is 0.163 e. The summed E-state index contributed by atoms with van der Waals surface area (Å²) in [7, 11) is 1.93. The Labute approximate surface area is 138 Å². The summed E-state index contributed by atoms with van der Waals surface area (Å²) in [4.78, 5) is 6.49. The zero-order valence-corrected chi connectivity index (χ0v) is 13.3. The monoisotopic (exact) mass is 324 g/mol. The third kappa shape index (κ3) is 3.13. The van der Waals surface area contributed by atoms with E-state index in [0.717, 1.165) is 29.9 Å². The largest absolute Gasteiger partial charge is 0.381 e. The molecule has 0 bridgehead atoms. The second-order valence-corrected chi connectivity index (χ2v) is 5.61. The van der Waals surface area contributed by atoms with E-state index in [4.69, 9.17) is 11.0 Å². The minimum atomic E-state index is -0.296. The summed E-state index contributed by atoms with van der Waals surface area (Å²) in [6, 6.07) is 10.5. The molecule has 0 aliphatic heterocycles. The van der Waals surface area contributed by atoms with Crippen LogP contribution in [0.15, 0.2) is 30.3 Å². The van der Waals surface area contributed by atoms with Crippen molar-refractivity contribution < 1.29 is 4.39 Å². The van der Waals surface area contributed by atoms with Crippen LogP contribution in [0.1, 0.15) is 17.7 Å². The molecule has 0 saturated heterocycles. The van der Waals surface area contributed by atoms with E-state index >= 15 is 0 Å². The number of halogens is 1. The van der Waals surface area contributed by atoms with Gasteiger partial charge in [0.1, 0.15) is 23.3 Å². The summed E-state index contributed by atoms with van der Waals surface area (Å²) in [5, 5.41) is 16.6. The summed E-state index contributed by atoms with van der Waals surface area (Å²) in [5.74, 6) is 0.715. The quantitative estimate of drug-likeness (QED) is 0.752. The van der Waals surface area contributed by atoms with Gasteiger partial charge in [-0.05, 0) is 37.1 Å². The second kappa shape index (κ2) is 6.54. The fourth-order valence-corrected chi connectivity index (χ4v) is 2.60.